The lowest BCUT2D eigenvalue weighted by atomic mass is 9.87. The van der Waals surface area contributed by atoms with Gasteiger partial charge in [0.15, 0.2) is 0 Å². The Morgan fingerprint density at radius 1 is 0.929 bits per heavy atom. The van der Waals surface area contributed by atoms with Crippen LogP contribution in [0.3, 0.4) is 0 Å². The third kappa shape index (κ3) is 3.71. The first-order valence-corrected chi connectivity index (χ1v) is 9.81. The second-order valence-electron chi connectivity index (χ2n) is 7.70. The molecule has 1 aliphatic rings. The molecule has 0 aliphatic carbocycles. The van der Waals surface area contributed by atoms with Crippen molar-refractivity contribution in [3.05, 3.63) is 107 Å². The van der Waals surface area contributed by atoms with Crippen LogP contribution in [-0.2, 0) is 13.0 Å². The molecule has 0 fully saturated rings. The Kier molecular flexibility index (Phi) is 5.27. The van der Waals surface area contributed by atoms with Gasteiger partial charge in [-0.1, -0.05) is 66.7 Å². The molecular weight excluding hydrogens is 344 g/mol. The van der Waals surface area contributed by atoms with Gasteiger partial charge in [0.2, 0.25) is 0 Å². The predicted molar refractivity (Wildman–Crippen MR) is 113 cm³/mol. The standard InChI is InChI=1S/C25H26N2O/c1-26(2)18-19-12-14-22(15-13-19)25(28)27-17-16-20-8-6-7-11-23(20)24(27)21-9-4-3-5-10-21/h3-15,24H,16-18H2,1-2H3/t24-/m1/s1. The van der Waals surface area contributed by atoms with Crippen LogP contribution in [0.25, 0.3) is 0 Å². The highest BCUT2D eigenvalue weighted by molar-refractivity contribution is 5.95. The lowest BCUT2D eigenvalue weighted by molar-refractivity contribution is 0.0694. The molecule has 28 heavy (non-hydrogen) atoms. The quantitative estimate of drug-likeness (QED) is 0.673. The molecule has 0 radical (unpaired) electrons. The number of benzene rings is 3. The Hall–Kier alpha value is -2.91. The third-order valence-electron chi connectivity index (χ3n) is 5.36. The Morgan fingerprint density at radius 3 is 2.32 bits per heavy atom. The van der Waals surface area contributed by atoms with Gasteiger partial charge in [-0.25, -0.2) is 0 Å². The zero-order valence-corrected chi connectivity index (χ0v) is 16.5. The van der Waals surface area contributed by atoms with Crippen LogP contribution in [-0.4, -0.2) is 36.3 Å². The molecule has 4 rings (SSSR count). The lowest BCUT2D eigenvalue weighted by Crippen LogP contribution is -2.40. The van der Waals surface area contributed by atoms with Crippen LogP contribution in [0.4, 0.5) is 0 Å². The highest BCUT2D eigenvalue weighted by Gasteiger charge is 2.32. The van der Waals surface area contributed by atoms with Crippen molar-refractivity contribution in [3.63, 3.8) is 0 Å². The zero-order chi connectivity index (χ0) is 19.5. The van der Waals surface area contributed by atoms with Crippen LogP contribution >= 0.6 is 0 Å². The lowest BCUT2D eigenvalue weighted by Gasteiger charge is -2.38. The van der Waals surface area contributed by atoms with Crippen molar-refractivity contribution in [2.24, 2.45) is 0 Å². The van der Waals surface area contributed by atoms with E-state index in [-0.39, 0.29) is 11.9 Å². The van der Waals surface area contributed by atoms with Gasteiger partial charge in [0.1, 0.15) is 0 Å². The molecular formula is C25H26N2O. The summed E-state index contributed by atoms with van der Waals surface area (Å²) in [5.74, 6) is 0.0970. The fraction of sp³-hybridized carbons (Fsp3) is 0.240. The maximum Gasteiger partial charge on any atom is 0.254 e. The molecule has 142 valence electrons. The van der Waals surface area contributed by atoms with E-state index in [4.69, 9.17) is 0 Å². The van der Waals surface area contributed by atoms with Gasteiger partial charge < -0.3 is 9.80 Å². The van der Waals surface area contributed by atoms with Crippen molar-refractivity contribution in [2.75, 3.05) is 20.6 Å². The molecule has 0 saturated carbocycles. The SMILES string of the molecule is CN(C)Cc1ccc(C(=O)N2CCc3ccccc3[C@H]2c2ccccc2)cc1. The molecule has 0 saturated heterocycles. The van der Waals surface area contributed by atoms with E-state index >= 15 is 0 Å². The first kappa shape index (κ1) is 18.5. The normalized spacial score (nSPS) is 16.1. The van der Waals surface area contributed by atoms with Crippen LogP contribution in [0.2, 0.25) is 0 Å². The molecule has 1 amide bonds. The third-order valence-corrected chi connectivity index (χ3v) is 5.36. The van der Waals surface area contributed by atoms with Crippen LogP contribution in [0, 0.1) is 0 Å². The number of carbonyl (C=O) groups excluding carboxylic acids is 1. The van der Waals surface area contributed by atoms with E-state index < -0.39 is 0 Å². The van der Waals surface area contributed by atoms with E-state index in [1.54, 1.807) is 0 Å². The van der Waals surface area contributed by atoms with Gasteiger partial charge in [0.05, 0.1) is 6.04 Å². The van der Waals surface area contributed by atoms with Crippen molar-refractivity contribution in [1.82, 2.24) is 9.80 Å². The molecule has 1 atom stereocenters. The fourth-order valence-corrected chi connectivity index (χ4v) is 4.06. The van der Waals surface area contributed by atoms with Crippen molar-refractivity contribution >= 4 is 5.91 Å². The molecule has 3 aromatic carbocycles. The molecule has 1 heterocycles. The Bertz CT molecular complexity index is 948. The first-order chi connectivity index (χ1) is 13.6. The summed E-state index contributed by atoms with van der Waals surface area (Å²) in [5.41, 5.74) is 5.69. The molecule has 0 bridgehead atoms. The minimum atomic E-state index is -0.0416. The number of amides is 1. The summed E-state index contributed by atoms with van der Waals surface area (Å²) in [4.78, 5) is 17.6. The minimum Gasteiger partial charge on any atom is -0.327 e. The Labute approximate surface area is 167 Å². The first-order valence-electron chi connectivity index (χ1n) is 9.81. The number of carbonyl (C=O) groups is 1. The highest BCUT2D eigenvalue weighted by Crippen LogP contribution is 2.35. The zero-order valence-electron chi connectivity index (χ0n) is 16.5. The highest BCUT2D eigenvalue weighted by atomic mass is 16.2. The summed E-state index contributed by atoms with van der Waals surface area (Å²) in [5, 5.41) is 0. The van der Waals surface area contributed by atoms with E-state index in [9.17, 15) is 4.79 Å². The maximum absolute atomic E-state index is 13.4. The monoisotopic (exact) mass is 370 g/mol. The van der Waals surface area contributed by atoms with Gasteiger partial charge in [0, 0.05) is 18.7 Å². The number of hydrogen-bond donors (Lipinski definition) is 0. The van der Waals surface area contributed by atoms with Gasteiger partial charge in [-0.3, -0.25) is 4.79 Å². The van der Waals surface area contributed by atoms with E-state index in [1.165, 1.54) is 16.7 Å². The van der Waals surface area contributed by atoms with Crippen LogP contribution in [0.5, 0.6) is 0 Å². The average molecular weight is 370 g/mol. The summed E-state index contributed by atoms with van der Waals surface area (Å²) in [7, 11) is 4.10. The predicted octanol–water partition coefficient (Wildman–Crippen LogP) is 4.54. The molecule has 0 unspecified atom stereocenters. The summed E-state index contributed by atoms with van der Waals surface area (Å²) in [6.07, 6.45) is 0.893. The van der Waals surface area contributed by atoms with E-state index in [1.807, 2.05) is 35.2 Å². The van der Waals surface area contributed by atoms with Crippen molar-refractivity contribution in [3.8, 4) is 0 Å². The summed E-state index contributed by atoms with van der Waals surface area (Å²) in [6.45, 7) is 1.60. The summed E-state index contributed by atoms with van der Waals surface area (Å²) in [6, 6.07) is 26.8. The van der Waals surface area contributed by atoms with Gasteiger partial charge in [-0.05, 0) is 54.9 Å². The Morgan fingerprint density at radius 2 is 1.61 bits per heavy atom. The molecule has 0 N–H and O–H groups in total. The smallest absolute Gasteiger partial charge is 0.254 e. The van der Waals surface area contributed by atoms with E-state index in [0.29, 0.717) is 0 Å². The number of hydrogen-bond acceptors (Lipinski definition) is 2. The largest absolute Gasteiger partial charge is 0.327 e. The molecule has 0 aromatic heterocycles. The number of nitrogens with zero attached hydrogens (tertiary/aromatic N) is 2. The second kappa shape index (κ2) is 7.99. The average Bonchev–Trinajstić information content (AvgIpc) is 2.73. The fourth-order valence-electron chi connectivity index (χ4n) is 4.06. The maximum atomic E-state index is 13.4. The molecule has 0 spiro atoms. The molecule has 3 heteroatoms. The minimum absolute atomic E-state index is 0.0416. The van der Waals surface area contributed by atoms with Crippen LogP contribution in [0.1, 0.15) is 38.7 Å². The number of fused-ring (bicyclic) bond motifs is 1. The van der Waals surface area contributed by atoms with Gasteiger partial charge in [0.25, 0.3) is 5.91 Å². The summed E-state index contributed by atoms with van der Waals surface area (Å²) >= 11 is 0. The van der Waals surface area contributed by atoms with Gasteiger partial charge >= 0.3 is 0 Å². The van der Waals surface area contributed by atoms with Crippen LogP contribution < -0.4 is 0 Å². The van der Waals surface area contributed by atoms with Gasteiger partial charge in [-0.15, -0.1) is 0 Å². The van der Waals surface area contributed by atoms with E-state index in [2.05, 4.69) is 67.5 Å². The number of rotatable bonds is 4. The van der Waals surface area contributed by atoms with Crippen molar-refractivity contribution in [1.29, 1.82) is 0 Å². The van der Waals surface area contributed by atoms with Crippen molar-refractivity contribution in [2.45, 2.75) is 19.0 Å². The molecule has 1 aliphatic heterocycles. The second-order valence-corrected chi connectivity index (χ2v) is 7.70. The topological polar surface area (TPSA) is 23.6 Å². The van der Waals surface area contributed by atoms with Crippen molar-refractivity contribution < 1.29 is 4.79 Å². The molecule has 3 nitrogen and oxygen atoms in total. The summed E-state index contributed by atoms with van der Waals surface area (Å²) < 4.78 is 0. The Balaban J connectivity index is 1.68. The van der Waals surface area contributed by atoms with E-state index in [0.717, 1.165) is 30.6 Å². The van der Waals surface area contributed by atoms with Crippen LogP contribution in [0.15, 0.2) is 78.9 Å². The van der Waals surface area contributed by atoms with Gasteiger partial charge in [-0.2, -0.15) is 0 Å². The molecule has 3 aromatic rings.